The minimum Gasteiger partial charge on any atom is -0.379 e. The van der Waals surface area contributed by atoms with Crippen LogP contribution in [0.25, 0.3) is 0 Å². The molecule has 1 N–H and O–H groups in total. The van der Waals surface area contributed by atoms with Crippen molar-refractivity contribution in [1.82, 2.24) is 4.98 Å². The number of aromatic nitrogens is 1. The second-order valence-electron chi connectivity index (χ2n) is 3.32. The van der Waals surface area contributed by atoms with Gasteiger partial charge in [-0.25, -0.2) is 4.98 Å². The first-order valence-electron chi connectivity index (χ1n) is 4.88. The normalized spacial score (nSPS) is 9.29. The van der Waals surface area contributed by atoms with Crippen molar-refractivity contribution in [3.05, 3.63) is 45.9 Å². The van der Waals surface area contributed by atoms with E-state index >= 15 is 0 Å². The Morgan fingerprint density at radius 2 is 2.06 bits per heavy atom. The maximum absolute atomic E-state index is 8.89. The summed E-state index contributed by atoms with van der Waals surface area (Å²) in [4.78, 5) is 4.15. The minimum atomic E-state index is 0.385. The molecule has 0 radical (unpaired) electrons. The molecule has 0 saturated carbocycles. The number of rotatable bonds is 3. The topological polar surface area (TPSA) is 72.5 Å². The Hall–Kier alpha value is -2.37. The minimum absolute atomic E-state index is 0.385. The van der Waals surface area contributed by atoms with E-state index in [0.29, 0.717) is 17.7 Å². The summed E-state index contributed by atoms with van der Waals surface area (Å²) >= 11 is 1.54. The molecule has 5 heteroatoms. The van der Waals surface area contributed by atoms with E-state index in [1.54, 1.807) is 35.0 Å². The van der Waals surface area contributed by atoms with Crippen molar-refractivity contribution >= 4 is 17.0 Å². The average Bonchev–Trinajstić information content (AvgIpc) is 2.89. The summed E-state index contributed by atoms with van der Waals surface area (Å²) in [5, 5.41) is 22.8. The SMILES string of the molecule is N#Cc1ccc(NCc2cscn2)cc1C#N. The zero-order chi connectivity index (χ0) is 12.1. The maximum atomic E-state index is 8.89. The molecule has 0 aliphatic carbocycles. The molecule has 2 rings (SSSR count). The predicted molar refractivity (Wildman–Crippen MR) is 65.3 cm³/mol. The quantitative estimate of drug-likeness (QED) is 0.894. The van der Waals surface area contributed by atoms with Gasteiger partial charge in [0, 0.05) is 11.1 Å². The third-order valence-corrected chi connectivity index (χ3v) is 2.85. The number of anilines is 1. The fraction of sp³-hybridized carbons (Fsp3) is 0.0833. The molecule has 0 fully saturated rings. The van der Waals surface area contributed by atoms with E-state index in [1.165, 1.54) is 0 Å². The molecule has 0 saturated heterocycles. The van der Waals surface area contributed by atoms with Crippen LogP contribution in [0, 0.1) is 22.7 Å². The maximum Gasteiger partial charge on any atom is 0.101 e. The monoisotopic (exact) mass is 240 g/mol. The fourth-order valence-corrected chi connectivity index (χ4v) is 1.92. The van der Waals surface area contributed by atoms with Crippen molar-refractivity contribution in [3.63, 3.8) is 0 Å². The molecule has 1 heterocycles. The summed E-state index contributed by atoms with van der Waals surface area (Å²) in [7, 11) is 0. The molecule has 0 aliphatic heterocycles. The van der Waals surface area contributed by atoms with Crippen LogP contribution in [0.5, 0.6) is 0 Å². The highest BCUT2D eigenvalue weighted by atomic mass is 32.1. The molecule has 0 unspecified atom stereocenters. The predicted octanol–water partition coefficient (Wildman–Crippen LogP) is 2.50. The van der Waals surface area contributed by atoms with Gasteiger partial charge in [0.2, 0.25) is 0 Å². The largest absolute Gasteiger partial charge is 0.379 e. The zero-order valence-electron chi connectivity index (χ0n) is 8.84. The van der Waals surface area contributed by atoms with Gasteiger partial charge in [0.05, 0.1) is 28.9 Å². The Kier molecular flexibility index (Phi) is 3.34. The molecule has 0 amide bonds. The molecule has 1 aromatic heterocycles. The van der Waals surface area contributed by atoms with Crippen LogP contribution in [0.4, 0.5) is 5.69 Å². The molecule has 17 heavy (non-hydrogen) atoms. The molecule has 0 bridgehead atoms. The summed E-state index contributed by atoms with van der Waals surface area (Å²) in [6, 6.07) is 9.08. The van der Waals surface area contributed by atoms with Crippen molar-refractivity contribution in [1.29, 1.82) is 10.5 Å². The Bertz CT molecular complexity index is 590. The lowest BCUT2D eigenvalue weighted by atomic mass is 10.1. The third-order valence-electron chi connectivity index (χ3n) is 2.22. The van der Waals surface area contributed by atoms with Crippen molar-refractivity contribution in [2.75, 3.05) is 5.32 Å². The van der Waals surface area contributed by atoms with Gasteiger partial charge in [-0.2, -0.15) is 10.5 Å². The van der Waals surface area contributed by atoms with Gasteiger partial charge in [-0.1, -0.05) is 0 Å². The van der Waals surface area contributed by atoms with E-state index in [2.05, 4.69) is 10.3 Å². The summed E-state index contributed by atoms with van der Waals surface area (Å²) in [5.41, 5.74) is 4.32. The Balaban J connectivity index is 2.13. The van der Waals surface area contributed by atoms with Gasteiger partial charge in [0.15, 0.2) is 0 Å². The van der Waals surface area contributed by atoms with Crippen LogP contribution in [0.2, 0.25) is 0 Å². The van der Waals surface area contributed by atoms with Crippen molar-refractivity contribution in [2.45, 2.75) is 6.54 Å². The Labute approximate surface area is 103 Å². The zero-order valence-corrected chi connectivity index (χ0v) is 9.66. The molecule has 4 nitrogen and oxygen atoms in total. The van der Waals surface area contributed by atoms with Gasteiger partial charge >= 0.3 is 0 Å². The molecule has 82 valence electrons. The van der Waals surface area contributed by atoms with Crippen molar-refractivity contribution in [3.8, 4) is 12.1 Å². The number of thiazole rings is 1. The second-order valence-corrected chi connectivity index (χ2v) is 4.04. The average molecular weight is 240 g/mol. The van der Waals surface area contributed by atoms with Gasteiger partial charge in [-0.15, -0.1) is 11.3 Å². The van der Waals surface area contributed by atoms with Crippen LogP contribution >= 0.6 is 11.3 Å². The number of nitrogens with one attached hydrogen (secondary N) is 1. The standard InChI is InChI=1S/C12H8N4S/c13-4-9-1-2-11(3-10(9)5-14)15-6-12-7-17-8-16-12/h1-3,7-8,15H,6H2. The van der Waals surface area contributed by atoms with Gasteiger partial charge < -0.3 is 5.32 Å². The van der Waals surface area contributed by atoms with E-state index in [-0.39, 0.29) is 0 Å². The summed E-state index contributed by atoms with van der Waals surface area (Å²) in [6.07, 6.45) is 0. The smallest absolute Gasteiger partial charge is 0.101 e. The first-order valence-corrected chi connectivity index (χ1v) is 5.83. The number of benzene rings is 1. The summed E-state index contributed by atoms with van der Waals surface area (Å²) in [6.45, 7) is 0.611. The van der Waals surface area contributed by atoms with Crippen LogP contribution in [-0.4, -0.2) is 4.98 Å². The van der Waals surface area contributed by atoms with Crippen LogP contribution in [-0.2, 0) is 6.54 Å². The number of hydrogen-bond donors (Lipinski definition) is 1. The Morgan fingerprint density at radius 3 is 2.71 bits per heavy atom. The van der Waals surface area contributed by atoms with E-state index in [0.717, 1.165) is 11.4 Å². The lowest BCUT2D eigenvalue weighted by Gasteiger charge is -2.05. The van der Waals surface area contributed by atoms with Crippen LogP contribution in [0.15, 0.2) is 29.1 Å². The van der Waals surface area contributed by atoms with Gasteiger partial charge in [0.25, 0.3) is 0 Å². The lowest BCUT2D eigenvalue weighted by Crippen LogP contribution is -2.00. The molecular formula is C12H8N4S. The highest BCUT2D eigenvalue weighted by Gasteiger charge is 2.02. The first-order chi connectivity index (χ1) is 8.33. The second kappa shape index (κ2) is 5.11. The highest BCUT2D eigenvalue weighted by molar-refractivity contribution is 7.07. The summed E-state index contributed by atoms with van der Waals surface area (Å²) < 4.78 is 0. The first kappa shape index (κ1) is 11.1. The van der Waals surface area contributed by atoms with Crippen LogP contribution in [0.1, 0.15) is 16.8 Å². The molecule has 2 aromatic rings. The van der Waals surface area contributed by atoms with Crippen LogP contribution in [0.3, 0.4) is 0 Å². The molecule has 0 aliphatic rings. The number of nitrogens with zero attached hydrogens (tertiary/aromatic N) is 3. The van der Waals surface area contributed by atoms with E-state index in [1.807, 2.05) is 17.5 Å². The third kappa shape index (κ3) is 2.60. The lowest BCUT2D eigenvalue weighted by molar-refractivity contribution is 1.07. The molecule has 1 aromatic carbocycles. The van der Waals surface area contributed by atoms with E-state index in [4.69, 9.17) is 10.5 Å². The highest BCUT2D eigenvalue weighted by Crippen LogP contribution is 2.15. The number of nitriles is 2. The Morgan fingerprint density at radius 1 is 1.24 bits per heavy atom. The van der Waals surface area contributed by atoms with Gasteiger partial charge in [0.1, 0.15) is 12.1 Å². The number of hydrogen-bond acceptors (Lipinski definition) is 5. The fourth-order valence-electron chi connectivity index (χ4n) is 1.36. The summed E-state index contributed by atoms with van der Waals surface area (Å²) in [5.74, 6) is 0. The molecule has 0 atom stereocenters. The van der Waals surface area contributed by atoms with Crippen LogP contribution < -0.4 is 5.32 Å². The van der Waals surface area contributed by atoms with Gasteiger partial charge in [-0.05, 0) is 18.2 Å². The van der Waals surface area contributed by atoms with E-state index < -0.39 is 0 Å². The molecule has 0 spiro atoms. The van der Waals surface area contributed by atoms with Crippen molar-refractivity contribution in [2.24, 2.45) is 0 Å². The molecular weight excluding hydrogens is 232 g/mol. The van der Waals surface area contributed by atoms with Gasteiger partial charge in [-0.3, -0.25) is 0 Å². The van der Waals surface area contributed by atoms with E-state index in [9.17, 15) is 0 Å². The van der Waals surface area contributed by atoms with Crippen molar-refractivity contribution < 1.29 is 0 Å².